The summed E-state index contributed by atoms with van der Waals surface area (Å²) in [4.78, 5) is 11.6. The Morgan fingerprint density at radius 2 is 1.86 bits per heavy atom. The summed E-state index contributed by atoms with van der Waals surface area (Å²) in [5.74, 6) is 1.69. The lowest BCUT2D eigenvalue weighted by Crippen LogP contribution is -2.32. The van der Waals surface area contributed by atoms with E-state index in [9.17, 15) is 0 Å². The second-order valence-corrected chi connectivity index (χ2v) is 5.83. The van der Waals surface area contributed by atoms with E-state index in [1.54, 1.807) is 0 Å². The van der Waals surface area contributed by atoms with Crippen LogP contribution < -0.4 is 10.2 Å². The molecule has 1 heterocycles. The van der Waals surface area contributed by atoms with Gasteiger partial charge in [-0.3, -0.25) is 0 Å². The molecule has 1 aromatic heterocycles. The van der Waals surface area contributed by atoms with E-state index in [-0.39, 0.29) is 0 Å². The quantitative estimate of drug-likeness (QED) is 0.838. The minimum Gasteiger partial charge on any atom is -0.370 e. The molecule has 0 aliphatic carbocycles. The predicted molar refractivity (Wildman–Crippen MR) is 93.3 cm³/mol. The number of hydrogen-bond donors (Lipinski definition) is 1. The fourth-order valence-electron chi connectivity index (χ4n) is 2.29. The van der Waals surface area contributed by atoms with Gasteiger partial charge < -0.3 is 10.2 Å². The van der Waals surface area contributed by atoms with E-state index in [1.807, 2.05) is 19.1 Å². The third-order valence-electron chi connectivity index (χ3n) is 3.47. The van der Waals surface area contributed by atoms with Gasteiger partial charge in [0, 0.05) is 30.9 Å². The monoisotopic (exact) mass is 298 g/mol. The van der Waals surface area contributed by atoms with Gasteiger partial charge in [-0.25, -0.2) is 4.98 Å². The molecule has 0 radical (unpaired) electrons. The van der Waals surface area contributed by atoms with Gasteiger partial charge in [-0.15, -0.1) is 0 Å². The zero-order valence-electron chi connectivity index (χ0n) is 14.0. The maximum absolute atomic E-state index is 4.69. The number of hydrogen-bond acceptors (Lipinski definition) is 4. The maximum atomic E-state index is 4.69. The Morgan fingerprint density at radius 3 is 2.50 bits per heavy atom. The molecule has 22 heavy (non-hydrogen) atoms. The number of benzene rings is 1. The summed E-state index contributed by atoms with van der Waals surface area (Å²) in [6.45, 7) is 10.3. The number of anilines is 2. The third kappa shape index (κ3) is 4.45. The van der Waals surface area contributed by atoms with Crippen LogP contribution in [-0.4, -0.2) is 22.6 Å². The Balaban J connectivity index is 2.26. The first-order valence-electron chi connectivity index (χ1n) is 8.00. The van der Waals surface area contributed by atoms with Crippen molar-refractivity contribution in [1.29, 1.82) is 0 Å². The van der Waals surface area contributed by atoms with E-state index < -0.39 is 0 Å². The van der Waals surface area contributed by atoms with Gasteiger partial charge in [0.1, 0.15) is 5.82 Å². The molecule has 2 aromatic rings. The summed E-state index contributed by atoms with van der Waals surface area (Å²) in [6, 6.07) is 12.8. The molecule has 0 aliphatic heterocycles. The second-order valence-electron chi connectivity index (χ2n) is 5.83. The van der Waals surface area contributed by atoms with Crippen LogP contribution in [0.25, 0.3) is 0 Å². The van der Waals surface area contributed by atoms with Crippen LogP contribution in [0.15, 0.2) is 36.4 Å². The summed E-state index contributed by atoms with van der Waals surface area (Å²) in [7, 11) is 0. The Morgan fingerprint density at radius 1 is 1.14 bits per heavy atom. The number of nitrogens with one attached hydrogen (secondary N) is 1. The molecule has 0 saturated heterocycles. The van der Waals surface area contributed by atoms with Crippen LogP contribution in [0.3, 0.4) is 0 Å². The van der Waals surface area contributed by atoms with Crippen molar-refractivity contribution in [2.45, 2.75) is 46.7 Å². The fourth-order valence-corrected chi connectivity index (χ4v) is 2.29. The van der Waals surface area contributed by atoms with Crippen molar-refractivity contribution in [3.05, 3.63) is 47.7 Å². The van der Waals surface area contributed by atoms with Gasteiger partial charge in [0.05, 0.1) is 0 Å². The van der Waals surface area contributed by atoms with Gasteiger partial charge in [0.2, 0.25) is 5.95 Å². The lowest BCUT2D eigenvalue weighted by molar-refractivity contribution is 0.659. The van der Waals surface area contributed by atoms with E-state index in [0.717, 1.165) is 37.0 Å². The molecule has 118 valence electrons. The van der Waals surface area contributed by atoms with Crippen LogP contribution in [0.1, 0.15) is 38.4 Å². The van der Waals surface area contributed by atoms with E-state index in [2.05, 4.69) is 60.2 Å². The third-order valence-corrected chi connectivity index (χ3v) is 3.47. The van der Waals surface area contributed by atoms with Crippen LogP contribution in [0.2, 0.25) is 0 Å². The molecule has 0 spiro atoms. The van der Waals surface area contributed by atoms with Crippen molar-refractivity contribution in [2.75, 3.05) is 16.8 Å². The van der Waals surface area contributed by atoms with Crippen LogP contribution in [0.4, 0.5) is 11.8 Å². The smallest absolute Gasteiger partial charge is 0.228 e. The Labute approximate surface area is 133 Å². The molecule has 2 rings (SSSR count). The average Bonchev–Trinajstić information content (AvgIpc) is 2.50. The van der Waals surface area contributed by atoms with E-state index >= 15 is 0 Å². The standard InChI is InChI=1S/C18H26N4/c1-5-11-19-17-12-15(4)20-18(21-17)22(14(2)3)13-16-9-7-6-8-10-16/h6-10,12,14H,5,11,13H2,1-4H3,(H,19,20,21). The SMILES string of the molecule is CCCNc1cc(C)nc(N(Cc2ccccc2)C(C)C)n1. The summed E-state index contributed by atoms with van der Waals surface area (Å²) in [5.41, 5.74) is 2.26. The van der Waals surface area contributed by atoms with Crippen molar-refractivity contribution in [1.82, 2.24) is 9.97 Å². The Bertz CT molecular complexity index is 581. The van der Waals surface area contributed by atoms with Gasteiger partial charge in [-0.1, -0.05) is 37.3 Å². The first kappa shape index (κ1) is 16.3. The van der Waals surface area contributed by atoms with E-state index in [0.29, 0.717) is 6.04 Å². The Hall–Kier alpha value is -2.10. The summed E-state index contributed by atoms with van der Waals surface area (Å²) in [5, 5.41) is 3.36. The van der Waals surface area contributed by atoms with Crippen molar-refractivity contribution in [3.63, 3.8) is 0 Å². The molecular formula is C18H26N4. The van der Waals surface area contributed by atoms with E-state index in [1.165, 1.54) is 5.56 Å². The molecule has 0 aliphatic rings. The molecule has 0 amide bonds. The molecule has 0 atom stereocenters. The van der Waals surface area contributed by atoms with Gasteiger partial charge >= 0.3 is 0 Å². The second kappa shape index (κ2) is 7.78. The number of aromatic nitrogens is 2. The van der Waals surface area contributed by atoms with Gasteiger partial charge in [-0.05, 0) is 32.8 Å². The zero-order valence-corrected chi connectivity index (χ0v) is 14.0. The van der Waals surface area contributed by atoms with Gasteiger partial charge in [0.25, 0.3) is 0 Å². The minimum absolute atomic E-state index is 0.334. The van der Waals surface area contributed by atoms with Crippen LogP contribution in [-0.2, 0) is 6.54 Å². The normalized spacial score (nSPS) is 10.8. The molecular weight excluding hydrogens is 272 g/mol. The lowest BCUT2D eigenvalue weighted by Gasteiger charge is -2.27. The van der Waals surface area contributed by atoms with Crippen molar-refractivity contribution < 1.29 is 0 Å². The molecule has 4 heteroatoms. The molecule has 0 fully saturated rings. The highest BCUT2D eigenvalue weighted by Crippen LogP contribution is 2.19. The summed E-state index contributed by atoms with van der Waals surface area (Å²) >= 11 is 0. The highest BCUT2D eigenvalue weighted by atomic mass is 15.3. The van der Waals surface area contributed by atoms with Crippen LogP contribution in [0.5, 0.6) is 0 Å². The first-order chi connectivity index (χ1) is 10.6. The molecule has 4 nitrogen and oxygen atoms in total. The largest absolute Gasteiger partial charge is 0.370 e. The van der Waals surface area contributed by atoms with Gasteiger partial charge in [-0.2, -0.15) is 4.98 Å². The van der Waals surface area contributed by atoms with Crippen molar-refractivity contribution in [2.24, 2.45) is 0 Å². The highest BCUT2D eigenvalue weighted by Gasteiger charge is 2.15. The molecule has 0 unspecified atom stereocenters. The summed E-state index contributed by atoms with van der Waals surface area (Å²) in [6.07, 6.45) is 1.08. The zero-order chi connectivity index (χ0) is 15.9. The number of aryl methyl sites for hydroxylation is 1. The van der Waals surface area contributed by atoms with Crippen LogP contribution >= 0.6 is 0 Å². The topological polar surface area (TPSA) is 41.1 Å². The lowest BCUT2D eigenvalue weighted by atomic mass is 10.2. The van der Waals surface area contributed by atoms with Crippen molar-refractivity contribution >= 4 is 11.8 Å². The van der Waals surface area contributed by atoms with E-state index in [4.69, 9.17) is 4.98 Å². The maximum Gasteiger partial charge on any atom is 0.228 e. The fraction of sp³-hybridized carbons (Fsp3) is 0.444. The van der Waals surface area contributed by atoms with Gasteiger partial charge in [0.15, 0.2) is 0 Å². The van der Waals surface area contributed by atoms with Crippen LogP contribution in [0, 0.1) is 6.92 Å². The Kier molecular flexibility index (Phi) is 5.75. The molecule has 0 saturated carbocycles. The molecule has 1 N–H and O–H groups in total. The summed E-state index contributed by atoms with van der Waals surface area (Å²) < 4.78 is 0. The predicted octanol–water partition coefficient (Wildman–Crippen LogP) is 4.02. The number of nitrogens with zero attached hydrogens (tertiary/aromatic N) is 3. The molecule has 1 aromatic carbocycles. The minimum atomic E-state index is 0.334. The average molecular weight is 298 g/mol. The van der Waals surface area contributed by atoms with Crippen molar-refractivity contribution in [3.8, 4) is 0 Å². The number of rotatable bonds is 7. The highest BCUT2D eigenvalue weighted by molar-refractivity contribution is 5.44. The first-order valence-corrected chi connectivity index (χ1v) is 8.00. The molecule has 0 bridgehead atoms.